The Kier molecular flexibility index (Phi) is 8.08. The molecule has 2 bridgehead atoms. The van der Waals surface area contributed by atoms with Gasteiger partial charge in [0.05, 0.1) is 24.3 Å². The number of benzene rings is 2. The van der Waals surface area contributed by atoms with E-state index < -0.39 is 23.7 Å². The number of likely N-dealkylation sites (N-methyl/N-ethyl adjacent to an activating group) is 1. The Morgan fingerprint density at radius 2 is 1.66 bits per heavy atom. The second kappa shape index (κ2) is 12.6. The van der Waals surface area contributed by atoms with Crippen LogP contribution in [0.1, 0.15) is 80.1 Å². The quantitative estimate of drug-likeness (QED) is 0.275. The average molecular weight is 674 g/mol. The zero-order valence-electron chi connectivity index (χ0n) is 28.5. The van der Waals surface area contributed by atoms with Gasteiger partial charge in [0, 0.05) is 36.6 Å². The number of piperidine rings is 2. The molecule has 1 unspecified atom stereocenters. The number of amides is 4. The molecule has 0 radical (unpaired) electrons. The topological polar surface area (TPSA) is 122 Å². The predicted molar refractivity (Wildman–Crippen MR) is 190 cm³/mol. The number of nitrogens with one attached hydrogen (secondary N) is 2. The molecule has 3 aliphatic heterocycles. The SMILES string of the molecule is Cc1ccc(C(c2cn(C3CCCC3)nc2-c2ccccc2)n2cccc(N3C[C@H](C(=O)NC45CCC(CC4)NC5=O)N(C)C3=O)c2=O)cc1. The van der Waals surface area contributed by atoms with Crippen LogP contribution in [0.3, 0.4) is 0 Å². The van der Waals surface area contributed by atoms with Gasteiger partial charge in [0.15, 0.2) is 0 Å². The first-order valence-corrected chi connectivity index (χ1v) is 17.8. The summed E-state index contributed by atoms with van der Waals surface area (Å²) in [6.45, 7) is 2.03. The largest absolute Gasteiger partial charge is 0.351 e. The number of hydrogen-bond acceptors (Lipinski definition) is 5. The summed E-state index contributed by atoms with van der Waals surface area (Å²) >= 11 is 0. The maximum Gasteiger partial charge on any atom is 0.325 e. The average Bonchev–Trinajstić information content (AvgIpc) is 3.88. The van der Waals surface area contributed by atoms with Crippen molar-refractivity contribution in [1.82, 2.24) is 29.9 Å². The molecule has 3 saturated heterocycles. The Morgan fingerprint density at radius 3 is 2.36 bits per heavy atom. The van der Waals surface area contributed by atoms with Crippen LogP contribution in [0.4, 0.5) is 10.5 Å². The van der Waals surface area contributed by atoms with Crippen molar-refractivity contribution in [3.05, 3.63) is 106 Å². The standard InChI is InChI=1S/C39H43N7O4/c1-25-14-16-27(17-15-25)34(30-23-46(29-11-6-7-12-29)42-33(30)26-9-4-3-5-10-26)44-22-8-13-31(36(44)48)45-24-32(43(2)38(45)50)35(47)41-39-20-18-28(19-21-39)40-37(39)49/h3-5,8-10,13-17,22-23,28-29,32,34H,6-7,11-12,18-21,24H2,1-2H3,(H,40,49)(H,41,47)/t28?,32-,34?,39?/m1/s1. The first kappa shape index (κ1) is 32.0. The zero-order valence-corrected chi connectivity index (χ0v) is 28.5. The summed E-state index contributed by atoms with van der Waals surface area (Å²) in [5.74, 6) is -0.545. The third-order valence-corrected chi connectivity index (χ3v) is 11.3. The summed E-state index contributed by atoms with van der Waals surface area (Å²) in [6, 6.07) is 20.3. The van der Waals surface area contributed by atoms with Crippen LogP contribution < -0.4 is 21.1 Å². The monoisotopic (exact) mass is 673 g/mol. The molecule has 4 aromatic rings. The van der Waals surface area contributed by atoms with Crippen molar-refractivity contribution in [2.45, 2.75) is 88.0 Å². The van der Waals surface area contributed by atoms with Gasteiger partial charge >= 0.3 is 6.03 Å². The highest BCUT2D eigenvalue weighted by atomic mass is 16.2. The van der Waals surface area contributed by atoms with Crippen LogP contribution in [-0.4, -0.2) is 68.3 Å². The number of hydrogen-bond donors (Lipinski definition) is 2. The summed E-state index contributed by atoms with van der Waals surface area (Å²) in [5, 5.41) is 11.2. The fraction of sp³-hybridized carbons (Fsp3) is 0.410. The van der Waals surface area contributed by atoms with Gasteiger partial charge in [0.2, 0.25) is 11.8 Å². The van der Waals surface area contributed by atoms with E-state index in [9.17, 15) is 19.2 Å². The van der Waals surface area contributed by atoms with Crippen molar-refractivity contribution in [2.24, 2.45) is 0 Å². The Balaban J connectivity index is 1.18. The first-order chi connectivity index (χ1) is 24.2. The Labute approximate surface area is 291 Å². The van der Waals surface area contributed by atoms with Crippen LogP contribution in [0.25, 0.3) is 11.3 Å². The molecule has 2 aromatic heterocycles. The minimum atomic E-state index is -0.955. The molecular weight excluding hydrogens is 630 g/mol. The number of carbonyl (C=O) groups is 3. The van der Waals surface area contributed by atoms with Crippen LogP contribution in [0.2, 0.25) is 0 Å². The van der Waals surface area contributed by atoms with Crippen molar-refractivity contribution < 1.29 is 14.4 Å². The lowest BCUT2D eigenvalue weighted by Gasteiger charge is -2.46. The highest BCUT2D eigenvalue weighted by molar-refractivity contribution is 6.02. The highest BCUT2D eigenvalue weighted by Gasteiger charge is 2.50. The van der Waals surface area contributed by atoms with Gasteiger partial charge < -0.3 is 20.1 Å². The van der Waals surface area contributed by atoms with Gasteiger partial charge in [-0.05, 0) is 63.1 Å². The highest BCUT2D eigenvalue weighted by Crippen LogP contribution is 2.38. The van der Waals surface area contributed by atoms with E-state index in [1.807, 2.05) is 61.5 Å². The van der Waals surface area contributed by atoms with Crippen LogP contribution in [0, 0.1) is 6.92 Å². The molecular formula is C39H43N7O4. The number of anilines is 1. The molecule has 2 saturated carbocycles. The molecule has 5 aliphatic rings. The maximum atomic E-state index is 14.7. The minimum absolute atomic E-state index is 0.00911. The molecule has 2 aromatic carbocycles. The molecule has 2 atom stereocenters. The molecule has 9 rings (SSSR count). The lowest BCUT2D eigenvalue weighted by Crippen LogP contribution is -2.69. The Bertz CT molecular complexity index is 1990. The maximum absolute atomic E-state index is 14.7. The van der Waals surface area contributed by atoms with E-state index in [0.29, 0.717) is 18.9 Å². The fourth-order valence-corrected chi connectivity index (χ4v) is 8.39. The van der Waals surface area contributed by atoms with Crippen LogP contribution >= 0.6 is 0 Å². The Morgan fingerprint density at radius 1 is 0.940 bits per heavy atom. The molecule has 11 nitrogen and oxygen atoms in total. The van der Waals surface area contributed by atoms with E-state index in [2.05, 4.69) is 21.5 Å². The first-order valence-electron chi connectivity index (χ1n) is 17.8. The summed E-state index contributed by atoms with van der Waals surface area (Å²) in [7, 11) is 1.57. The Hall–Kier alpha value is -5.19. The molecule has 0 spiro atoms. The van der Waals surface area contributed by atoms with Crippen molar-refractivity contribution in [3.8, 4) is 11.3 Å². The van der Waals surface area contributed by atoms with E-state index in [0.717, 1.165) is 66.5 Å². The molecule has 5 fully saturated rings. The number of nitrogens with zero attached hydrogens (tertiary/aromatic N) is 5. The second-order valence-electron chi connectivity index (χ2n) is 14.5. The van der Waals surface area contributed by atoms with Gasteiger partial charge in [-0.15, -0.1) is 0 Å². The lowest BCUT2D eigenvalue weighted by molar-refractivity contribution is -0.140. The predicted octanol–water partition coefficient (Wildman–Crippen LogP) is 4.94. The van der Waals surface area contributed by atoms with E-state index >= 15 is 0 Å². The minimum Gasteiger partial charge on any atom is -0.351 e. The molecule has 11 heteroatoms. The van der Waals surface area contributed by atoms with Gasteiger partial charge in [0.1, 0.15) is 17.3 Å². The third kappa shape index (κ3) is 5.48. The molecule has 5 heterocycles. The number of pyridine rings is 1. The number of fused-ring (bicyclic) bond motifs is 3. The van der Waals surface area contributed by atoms with Gasteiger partial charge in [-0.3, -0.25) is 24.0 Å². The zero-order chi connectivity index (χ0) is 34.6. The number of aromatic nitrogens is 3. The molecule has 2 aliphatic carbocycles. The second-order valence-corrected chi connectivity index (χ2v) is 14.5. The normalized spacial score (nSPS) is 24.1. The van der Waals surface area contributed by atoms with Crippen LogP contribution in [-0.2, 0) is 9.59 Å². The number of carbonyl (C=O) groups excluding carboxylic acids is 3. The van der Waals surface area contributed by atoms with Crippen LogP contribution in [0.15, 0.2) is 83.9 Å². The van der Waals surface area contributed by atoms with Gasteiger partial charge in [-0.1, -0.05) is 73.0 Å². The van der Waals surface area contributed by atoms with E-state index in [-0.39, 0.29) is 35.6 Å². The summed E-state index contributed by atoms with van der Waals surface area (Å²) in [4.78, 5) is 57.8. The van der Waals surface area contributed by atoms with Crippen molar-refractivity contribution >= 4 is 23.5 Å². The fourth-order valence-electron chi connectivity index (χ4n) is 8.39. The van der Waals surface area contributed by atoms with E-state index in [1.165, 1.54) is 9.80 Å². The number of aryl methyl sites for hydroxylation is 1. The summed E-state index contributed by atoms with van der Waals surface area (Å²) in [6.07, 6.45) is 11.1. The van der Waals surface area contributed by atoms with Gasteiger partial charge in [-0.2, -0.15) is 5.10 Å². The summed E-state index contributed by atoms with van der Waals surface area (Å²) in [5.41, 5.74) is 3.58. The molecule has 258 valence electrons. The van der Waals surface area contributed by atoms with Crippen LogP contribution in [0.5, 0.6) is 0 Å². The van der Waals surface area contributed by atoms with Gasteiger partial charge in [0.25, 0.3) is 5.56 Å². The molecule has 50 heavy (non-hydrogen) atoms. The smallest absolute Gasteiger partial charge is 0.325 e. The number of rotatable bonds is 8. The van der Waals surface area contributed by atoms with Gasteiger partial charge in [-0.25, -0.2) is 4.79 Å². The van der Waals surface area contributed by atoms with Crippen molar-refractivity contribution in [3.63, 3.8) is 0 Å². The molecule has 2 N–H and O–H groups in total. The van der Waals surface area contributed by atoms with Crippen molar-refractivity contribution in [1.29, 1.82) is 0 Å². The lowest BCUT2D eigenvalue weighted by atomic mass is 9.74. The number of urea groups is 1. The third-order valence-electron chi connectivity index (χ3n) is 11.3. The van der Waals surface area contributed by atoms with Crippen molar-refractivity contribution in [2.75, 3.05) is 18.5 Å². The summed E-state index contributed by atoms with van der Waals surface area (Å²) < 4.78 is 3.77. The molecule has 4 amide bonds. The van der Waals surface area contributed by atoms with E-state index in [1.54, 1.807) is 29.9 Å². The van der Waals surface area contributed by atoms with E-state index in [4.69, 9.17) is 5.10 Å².